The molecule has 3 aromatic heterocycles. The van der Waals surface area contributed by atoms with Gasteiger partial charge in [-0.05, 0) is 36.6 Å². The van der Waals surface area contributed by atoms with Crippen LogP contribution in [0.1, 0.15) is 44.1 Å². The number of rotatable bonds is 6. The van der Waals surface area contributed by atoms with E-state index in [1.54, 1.807) is 29.8 Å². The summed E-state index contributed by atoms with van der Waals surface area (Å²) < 4.78 is 1.76. The van der Waals surface area contributed by atoms with Crippen LogP contribution in [0, 0.1) is 0 Å². The first kappa shape index (κ1) is 20.3. The van der Waals surface area contributed by atoms with Crippen LogP contribution in [0.3, 0.4) is 0 Å². The van der Waals surface area contributed by atoms with E-state index >= 15 is 0 Å². The second-order valence-electron chi connectivity index (χ2n) is 7.70. The minimum Gasteiger partial charge on any atom is -0.383 e. The monoisotopic (exact) mass is 452 g/mol. The van der Waals surface area contributed by atoms with Crippen LogP contribution in [0.4, 0.5) is 11.6 Å². The smallest absolute Gasteiger partial charge is 0.263 e. The zero-order valence-corrected chi connectivity index (χ0v) is 18.3. The van der Waals surface area contributed by atoms with E-state index in [9.17, 15) is 4.79 Å². The lowest BCUT2D eigenvalue weighted by Crippen LogP contribution is -2.29. The minimum atomic E-state index is -0.323. The highest BCUT2D eigenvalue weighted by molar-refractivity contribution is 6.35. The Balaban J connectivity index is 1.64. The van der Waals surface area contributed by atoms with Gasteiger partial charge in [-0.3, -0.25) is 9.36 Å². The maximum Gasteiger partial charge on any atom is 0.263 e. The molecule has 0 aliphatic heterocycles. The second kappa shape index (κ2) is 7.83. The van der Waals surface area contributed by atoms with Crippen molar-refractivity contribution in [3.63, 3.8) is 0 Å². The first-order valence-corrected chi connectivity index (χ1v) is 10.7. The third-order valence-corrected chi connectivity index (χ3v) is 5.77. The number of aromatic nitrogens is 8. The van der Waals surface area contributed by atoms with Crippen LogP contribution in [-0.2, 0) is 7.05 Å². The molecule has 12 heteroatoms. The van der Waals surface area contributed by atoms with Crippen molar-refractivity contribution in [3.05, 3.63) is 45.7 Å². The zero-order chi connectivity index (χ0) is 22.4. The molecular weight excluding hydrogens is 432 g/mol. The summed E-state index contributed by atoms with van der Waals surface area (Å²) >= 11 is 6.34. The molecule has 1 aromatic carbocycles. The number of fused-ring (bicyclic) bond motifs is 1. The van der Waals surface area contributed by atoms with E-state index in [1.165, 1.54) is 11.1 Å². The summed E-state index contributed by atoms with van der Waals surface area (Å²) in [5.74, 6) is 1.61. The fourth-order valence-corrected chi connectivity index (χ4v) is 4.03. The number of anilines is 2. The predicted octanol–water partition coefficient (Wildman–Crippen LogP) is 2.51. The lowest BCUT2D eigenvalue weighted by Gasteiger charge is -2.23. The van der Waals surface area contributed by atoms with Gasteiger partial charge in [0.15, 0.2) is 0 Å². The summed E-state index contributed by atoms with van der Waals surface area (Å²) in [5.41, 5.74) is 7.01. The number of halogens is 1. The fourth-order valence-electron chi connectivity index (χ4n) is 3.78. The van der Waals surface area contributed by atoms with Crippen molar-refractivity contribution < 1.29 is 0 Å². The molecule has 1 aliphatic carbocycles. The molecule has 0 spiro atoms. The molecule has 4 aromatic rings. The molecule has 0 saturated heterocycles. The van der Waals surface area contributed by atoms with Gasteiger partial charge < -0.3 is 11.1 Å². The van der Waals surface area contributed by atoms with Gasteiger partial charge in [0.05, 0.1) is 29.0 Å². The number of nitrogen functional groups attached to an aromatic ring is 1. The van der Waals surface area contributed by atoms with E-state index in [0.717, 1.165) is 12.8 Å². The third-order valence-electron chi connectivity index (χ3n) is 5.46. The van der Waals surface area contributed by atoms with Crippen LogP contribution < -0.4 is 16.6 Å². The van der Waals surface area contributed by atoms with Gasteiger partial charge in [-0.1, -0.05) is 24.6 Å². The molecule has 3 N–H and O–H groups in total. The molecule has 1 fully saturated rings. The number of hydrogen-bond acceptors (Lipinski definition) is 9. The summed E-state index contributed by atoms with van der Waals surface area (Å²) in [6.07, 6.45) is 3.86. The number of nitrogens with zero attached hydrogens (tertiary/aromatic N) is 8. The summed E-state index contributed by atoms with van der Waals surface area (Å²) in [6.45, 7) is 2.01. The van der Waals surface area contributed by atoms with Crippen LogP contribution in [-0.4, -0.2) is 39.7 Å². The SMILES string of the molecule is CCC(Nc1ncnc(N)c1-c1nnn(C)n1)c1nc2cccc(Cl)c2c(=O)n1C1CC1. The molecule has 3 heterocycles. The molecule has 5 rings (SSSR count). The standard InChI is InChI=1S/C20H21ClN10O/c1-3-12(25-17-15(16(22)23-9-24-17)18-27-29-30(2)28-18)19-26-13-6-4-5-11(21)14(13)20(32)31(19)10-7-8-10/h4-6,9-10,12H,3,7-8H2,1-2H3,(H3,22,23,24,25). The number of hydrogen-bond donors (Lipinski definition) is 2. The number of tetrazole rings is 1. The maximum atomic E-state index is 13.4. The van der Waals surface area contributed by atoms with Crippen molar-refractivity contribution in [2.75, 3.05) is 11.1 Å². The summed E-state index contributed by atoms with van der Waals surface area (Å²) in [7, 11) is 1.66. The van der Waals surface area contributed by atoms with Crippen molar-refractivity contribution >= 4 is 34.1 Å². The van der Waals surface area contributed by atoms with Crippen LogP contribution in [0.2, 0.25) is 5.02 Å². The molecule has 1 aliphatic rings. The molecule has 11 nitrogen and oxygen atoms in total. The highest BCUT2D eigenvalue weighted by Gasteiger charge is 2.32. The molecule has 0 radical (unpaired) electrons. The molecule has 1 unspecified atom stereocenters. The van der Waals surface area contributed by atoms with E-state index in [-0.39, 0.29) is 23.5 Å². The molecule has 1 atom stereocenters. The lowest BCUT2D eigenvalue weighted by atomic mass is 10.1. The lowest BCUT2D eigenvalue weighted by molar-refractivity contribution is 0.579. The third kappa shape index (κ3) is 3.44. The Labute approximate surface area is 187 Å². The van der Waals surface area contributed by atoms with Crippen molar-refractivity contribution in [1.82, 2.24) is 39.7 Å². The summed E-state index contributed by atoms with van der Waals surface area (Å²) in [4.78, 5) is 28.0. The Morgan fingerprint density at radius 2 is 2.12 bits per heavy atom. The van der Waals surface area contributed by atoms with Crippen LogP contribution >= 0.6 is 11.6 Å². The van der Waals surface area contributed by atoms with Crippen LogP contribution in [0.15, 0.2) is 29.3 Å². The average Bonchev–Trinajstić information content (AvgIpc) is 3.51. The molecule has 0 amide bonds. The van der Waals surface area contributed by atoms with Gasteiger partial charge in [0.2, 0.25) is 5.82 Å². The highest BCUT2D eigenvalue weighted by atomic mass is 35.5. The number of benzene rings is 1. The van der Waals surface area contributed by atoms with Gasteiger partial charge in [0.1, 0.15) is 29.4 Å². The number of nitrogens with one attached hydrogen (secondary N) is 1. The Bertz CT molecular complexity index is 1380. The molecule has 0 bridgehead atoms. The molecule has 32 heavy (non-hydrogen) atoms. The van der Waals surface area contributed by atoms with Crippen LogP contribution in [0.5, 0.6) is 0 Å². The van der Waals surface area contributed by atoms with Crippen molar-refractivity contribution in [3.8, 4) is 11.4 Å². The van der Waals surface area contributed by atoms with Crippen molar-refractivity contribution in [2.24, 2.45) is 7.05 Å². The van der Waals surface area contributed by atoms with Gasteiger partial charge in [0, 0.05) is 6.04 Å². The Kier molecular flexibility index (Phi) is 4.97. The highest BCUT2D eigenvalue weighted by Crippen LogP contribution is 2.38. The van der Waals surface area contributed by atoms with Gasteiger partial charge in [-0.15, -0.1) is 10.2 Å². The fraction of sp³-hybridized carbons (Fsp3) is 0.350. The van der Waals surface area contributed by atoms with Crippen LogP contribution in [0.25, 0.3) is 22.3 Å². The quantitative estimate of drug-likeness (QED) is 0.451. The van der Waals surface area contributed by atoms with E-state index in [0.29, 0.717) is 45.4 Å². The van der Waals surface area contributed by atoms with Crippen molar-refractivity contribution in [2.45, 2.75) is 38.3 Å². The zero-order valence-electron chi connectivity index (χ0n) is 17.5. The first-order valence-electron chi connectivity index (χ1n) is 10.3. The Morgan fingerprint density at radius 1 is 1.31 bits per heavy atom. The Hall–Kier alpha value is -3.60. The predicted molar refractivity (Wildman–Crippen MR) is 120 cm³/mol. The van der Waals surface area contributed by atoms with Gasteiger partial charge in [-0.2, -0.15) is 4.80 Å². The van der Waals surface area contributed by atoms with E-state index in [1.807, 2.05) is 6.92 Å². The number of nitrogens with two attached hydrogens (primary N) is 1. The largest absolute Gasteiger partial charge is 0.383 e. The van der Waals surface area contributed by atoms with Crippen molar-refractivity contribution in [1.29, 1.82) is 0 Å². The van der Waals surface area contributed by atoms with E-state index in [2.05, 4.69) is 30.7 Å². The normalized spacial score (nSPS) is 14.6. The van der Waals surface area contributed by atoms with Gasteiger partial charge >= 0.3 is 0 Å². The molecule has 164 valence electrons. The average molecular weight is 453 g/mol. The van der Waals surface area contributed by atoms with E-state index in [4.69, 9.17) is 22.3 Å². The second-order valence-corrected chi connectivity index (χ2v) is 8.11. The maximum absolute atomic E-state index is 13.4. The molecule has 1 saturated carbocycles. The topological polar surface area (TPSA) is 142 Å². The van der Waals surface area contributed by atoms with E-state index < -0.39 is 0 Å². The first-order chi connectivity index (χ1) is 15.5. The van der Waals surface area contributed by atoms with Gasteiger partial charge in [-0.25, -0.2) is 15.0 Å². The van der Waals surface area contributed by atoms with Gasteiger partial charge in [0.25, 0.3) is 5.56 Å². The number of aryl methyl sites for hydroxylation is 1. The Morgan fingerprint density at radius 3 is 2.81 bits per heavy atom. The minimum absolute atomic E-state index is 0.109. The molecular formula is C20H21ClN10O. The summed E-state index contributed by atoms with van der Waals surface area (Å²) in [6, 6.07) is 5.09. The summed E-state index contributed by atoms with van der Waals surface area (Å²) in [5, 5.41) is 16.4.